The number of fused-ring (bicyclic) bond motifs is 1. The summed E-state index contributed by atoms with van der Waals surface area (Å²) >= 11 is 0. The molecule has 0 amide bonds. The number of aliphatic hydroxyl groups is 2. The second kappa shape index (κ2) is 3.76. The number of nitrogen functional groups attached to an aromatic ring is 2. The summed E-state index contributed by atoms with van der Waals surface area (Å²) in [6, 6.07) is 0. The molecule has 0 aromatic carbocycles. The first-order valence-corrected chi connectivity index (χ1v) is 5.56. The van der Waals surface area contributed by atoms with Crippen molar-refractivity contribution < 1.29 is 14.9 Å². The van der Waals surface area contributed by atoms with E-state index in [1.165, 1.54) is 17.8 Å². The SMILES string of the molecule is CC1(O)C(O)[CH]OC1n1cnc2c(N)nc(N)nc21. The van der Waals surface area contributed by atoms with Crippen LogP contribution in [-0.4, -0.2) is 41.4 Å². The van der Waals surface area contributed by atoms with Crippen LogP contribution in [-0.2, 0) is 4.74 Å². The van der Waals surface area contributed by atoms with E-state index in [0.29, 0.717) is 11.2 Å². The van der Waals surface area contributed by atoms with Gasteiger partial charge in [0.15, 0.2) is 17.7 Å². The third-order valence-corrected chi connectivity index (χ3v) is 3.15. The molecular weight excluding hydrogens is 252 g/mol. The maximum absolute atomic E-state index is 10.2. The summed E-state index contributed by atoms with van der Waals surface area (Å²) in [5, 5.41) is 19.9. The van der Waals surface area contributed by atoms with Crippen LogP contribution in [0.3, 0.4) is 0 Å². The number of aliphatic hydroxyl groups excluding tert-OH is 1. The van der Waals surface area contributed by atoms with Crippen molar-refractivity contribution in [2.75, 3.05) is 11.5 Å². The zero-order valence-corrected chi connectivity index (χ0v) is 10.1. The first-order valence-electron chi connectivity index (χ1n) is 5.56. The van der Waals surface area contributed by atoms with Gasteiger partial charge in [0.2, 0.25) is 5.95 Å². The molecule has 2 aromatic heterocycles. The molecule has 3 heterocycles. The highest BCUT2D eigenvalue weighted by Gasteiger charge is 2.48. The molecule has 3 rings (SSSR count). The number of aromatic nitrogens is 4. The average molecular weight is 265 g/mol. The van der Waals surface area contributed by atoms with Crippen molar-refractivity contribution in [2.24, 2.45) is 0 Å². The maximum atomic E-state index is 10.2. The zero-order valence-electron chi connectivity index (χ0n) is 10.1. The van der Waals surface area contributed by atoms with Gasteiger partial charge in [-0.3, -0.25) is 4.57 Å². The second-order valence-corrected chi connectivity index (χ2v) is 4.59. The van der Waals surface area contributed by atoms with Gasteiger partial charge in [-0.05, 0) is 6.92 Å². The molecule has 9 nitrogen and oxygen atoms in total. The van der Waals surface area contributed by atoms with Crippen molar-refractivity contribution in [3.63, 3.8) is 0 Å². The molecule has 0 spiro atoms. The minimum atomic E-state index is -1.51. The first kappa shape index (κ1) is 12.1. The van der Waals surface area contributed by atoms with Crippen molar-refractivity contribution in [2.45, 2.75) is 24.9 Å². The van der Waals surface area contributed by atoms with E-state index in [2.05, 4.69) is 15.0 Å². The molecule has 1 radical (unpaired) electrons. The topological polar surface area (TPSA) is 145 Å². The van der Waals surface area contributed by atoms with Crippen LogP contribution in [0.4, 0.5) is 11.8 Å². The van der Waals surface area contributed by atoms with Gasteiger partial charge in [-0.15, -0.1) is 0 Å². The van der Waals surface area contributed by atoms with Crippen LogP contribution >= 0.6 is 0 Å². The summed E-state index contributed by atoms with van der Waals surface area (Å²) in [6.07, 6.45) is -0.590. The van der Waals surface area contributed by atoms with E-state index >= 15 is 0 Å². The fourth-order valence-electron chi connectivity index (χ4n) is 2.05. The van der Waals surface area contributed by atoms with Gasteiger partial charge in [0.05, 0.1) is 6.33 Å². The Bertz CT molecular complexity index is 639. The zero-order chi connectivity index (χ0) is 13.8. The van der Waals surface area contributed by atoms with E-state index in [1.807, 2.05) is 0 Å². The summed E-state index contributed by atoms with van der Waals surface area (Å²) in [5.74, 6) is 0.136. The third-order valence-electron chi connectivity index (χ3n) is 3.15. The Labute approximate surface area is 107 Å². The molecule has 0 bridgehead atoms. The summed E-state index contributed by atoms with van der Waals surface area (Å²) in [6.45, 7) is 2.61. The average Bonchev–Trinajstić information content (AvgIpc) is 2.82. The smallest absolute Gasteiger partial charge is 0.224 e. The molecule has 6 N–H and O–H groups in total. The van der Waals surface area contributed by atoms with E-state index in [0.717, 1.165) is 6.61 Å². The minimum absolute atomic E-state index is 0.00563. The van der Waals surface area contributed by atoms with Gasteiger partial charge in [-0.1, -0.05) is 0 Å². The Morgan fingerprint density at radius 2 is 2.16 bits per heavy atom. The number of nitrogens with two attached hydrogens (primary N) is 2. The summed E-state index contributed by atoms with van der Waals surface area (Å²) in [5.41, 5.74) is 10.4. The minimum Gasteiger partial charge on any atom is -0.387 e. The van der Waals surface area contributed by atoms with Crippen molar-refractivity contribution in [3.05, 3.63) is 12.9 Å². The molecule has 0 saturated carbocycles. The van der Waals surface area contributed by atoms with Crippen LogP contribution in [0.1, 0.15) is 13.2 Å². The van der Waals surface area contributed by atoms with Crippen LogP contribution in [0, 0.1) is 6.61 Å². The Morgan fingerprint density at radius 1 is 1.42 bits per heavy atom. The van der Waals surface area contributed by atoms with E-state index in [9.17, 15) is 10.2 Å². The molecule has 19 heavy (non-hydrogen) atoms. The molecule has 1 aliphatic rings. The number of hydrogen-bond acceptors (Lipinski definition) is 8. The predicted molar refractivity (Wildman–Crippen MR) is 65.2 cm³/mol. The molecule has 2 aromatic rings. The highest BCUT2D eigenvalue weighted by molar-refractivity contribution is 5.82. The van der Waals surface area contributed by atoms with Gasteiger partial charge < -0.3 is 26.4 Å². The highest BCUT2D eigenvalue weighted by atomic mass is 16.5. The fourth-order valence-corrected chi connectivity index (χ4v) is 2.05. The Hall–Kier alpha value is -1.97. The lowest BCUT2D eigenvalue weighted by Crippen LogP contribution is -2.41. The number of nitrogens with zero attached hydrogens (tertiary/aromatic N) is 4. The van der Waals surface area contributed by atoms with Gasteiger partial charge in [0, 0.05) is 0 Å². The lowest BCUT2D eigenvalue weighted by Gasteiger charge is -2.27. The molecule has 9 heteroatoms. The van der Waals surface area contributed by atoms with Crippen LogP contribution in [0.15, 0.2) is 6.33 Å². The van der Waals surface area contributed by atoms with Crippen LogP contribution in [0.25, 0.3) is 11.2 Å². The molecule has 1 fully saturated rings. The van der Waals surface area contributed by atoms with Gasteiger partial charge >= 0.3 is 0 Å². The van der Waals surface area contributed by atoms with Gasteiger partial charge in [-0.2, -0.15) is 9.97 Å². The fraction of sp³-hybridized carbons (Fsp3) is 0.400. The highest BCUT2D eigenvalue weighted by Crippen LogP contribution is 2.37. The van der Waals surface area contributed by atoms with Crippen LogP contribution in [0.5, 0.6) is 0 Å². The van der Waals surface area contributed by atoms with Crippen molar-refractivity contribution in [1.82, 2.24) is 19.5 Å². The quantitative estimate of drug-likeness (QED) is 0.502. The van der Waals surface area contributed by atoms with Crippen LogP contribution < -0.4 is 11.5 Å². The summed E-state index contributed by atoms with van der Waals surface area (Å²) in [4.78, 5) is 11.9. The van der Waals surface area contributed by atoms with Gasteiger partial charge in [-0.25, -0.2) is 4.98 Å². The van der Waals surface area contributed by atoms with Crippen molar-refractivity contribution in [3.8, 4) is 0 Å². The number of anilines is 2. The molecule has 3 atom stereocenters. The Morgan fingerprint density at radius 3 is 2.79 bits per heavy atom. The number of rotatable bonds is 1. The van der Waals surface area contributed by atoms with Crippen molar-refractivity contribution in [1.29, 1.82) is 0 Å². The molecule has 0 aliphatic carbocycles. The number of ether oxygens (including phenoxy) is 1. The number of imidazole rings is 1. The van der Waals surface area contributed by atoms with Gasteiger partial charge in [0.1, 0.15) is 23.8 Å². The van der Waals surface area contributed by atoms with Gasteiger partial charge in [0.25, 0.3) is 0 Å². The maximum Gasteiger partial charge on any atom is 0.224 e. The van der Waals surface area contributed by atoms with E-state index in [4.69, 9.17) is 16.2 Å². The molecule has 3 unspecified atom stereocenters. The monoisotopic (exact) mass is 265 g/mol. The number of hydrogen-bond donors (Lipinski definition) is 4. The second-order valence-electron chi connectivity index (χ2n) is 4.59. The summed E-state index contributed by atoms with van der Waals surface area (Å²) in [7, 11) is 0. The Kier molecular flexibility index (Phi) is 2.39. The largest absolute Gasteiger partial charge is 0.387 e. The molecule has 1 aliphatic heterocycles. The van der Waals surface area contributed by atoms with Crippen molar-refractivity contribution >= 4 is 22.9 Å². The standard InChI is InChI=1S/C10H13N6O3/c1-10(18)4(17)2-19-8(10)16-3-13-5-6(11)14-9(12)15-7(5)16/h2-4,8,17-18H,1H3,(H4,11,12,14,15). The van der Waals surface area contributed by atoms with E-state index in [-0.39, 0.29) is 11.8 Å². The molecule has 101 valence electrons. The lowest BCUT2D eigenvalue weighted by atomic mass is 10.0. The van der Waals surface area contributed by atoms with E-state index < -0.39 is 17.9 Å². The van der Waals surface area contributed by atoms with Crippen LogP contribution in [0.2, 0.25) is 0 Å². The molecule has 1 saturated heterocycles. The lowest BCUT2D eigenvalue weighted by molar-refractivity contribution is -0.0919. The normalized spacial score (nSPS) is 31.1. The predicted octanol–water partition coefficient (Wildman–Crippen LogP) is -1.21. The Balaban J connectivity index is 2.17. The summed E-state index contributed by atoms with van der Waals surface area (Å²) < 4.78 is 6.72. The van der Waals surface area contributed by atoms with E-state index in [1.54, 1.807) is 0 Å². The first-order chi connectivity index (χ1) is 8.91. The molecular formula is C10H13N6O3. The third kappa shape index (κ3) is 1.63.